The van der Waals surface area contributed by atoms with Gasteiger partial charge in [-0.05, 0) is 24.6 Å². The number of para-hydroxylation sites is 1. The van der Waals surface area contributed by atoms with Gasteiger partial charge in [-0.2, -0.15) is 5.26 Å². The van der Waals surface area contributed by atoms with Crippen LogP contribution in [0.2, 0.25) is 5.02 Å². The summed E-state index contributed by atoms with van der Waals surface area (Å²) in [5.74, 6) is 0.609. The third kappa shape index (κ3) is 3.87. The molecule has 0 fully saturated rings. The Kier molecular flexibility index (Phi) is 5.42. The number of nitrogens with one attached hydrogen (secondary N) is 1. The maximum Gasteiger partial charge on any atom is 0.218 e. The average molecular weight is 302 g/mol. The third-order valence-electron chi connectivity index (χ3n) is 2.88. The zero-order chi connectivity index (χ0) is 15.1. The molecule has 0 amide bonds. The van der Waals surface area contributed by atoms with Gasteiger partial charge in [0.2, 0.25) is 5.88 Å². The van der Waals surface area contributed by atoms with Crippen LogP contribution in [0.1, 0.15) is 24.5 Å². The number of benzene rings is 1. The molecule has 1 heterocycles. The average Bonchev–Trinajstić information content (AvgIpc) is 2.52. The Morgan fingerprint density at radius 2 is 2.19 bits per heavy atom. The van der Waals surface area contributed by atoms with E-state index in [-0.39, 0.29) is 0 Å². The molecule has 108 valence electrons. The second-order valence-corrected chi connectivity index (χ2v) is 4.85. The highest BCUT2D eigenvalue weighted by atomic mass is 35.5. The number of pyridine rings is 1. The van der Waals surface area contributed by atoms with E-state index in [1.165, 1.54) is 0 Å². The molecule has 0 aliphatic carbocycles. The molecule has 2 aromatic rings. The Morgan fingerprint density at radius 1 is 1.33 bits per heavy atom. The summed E-state index contributed by atoms with van der Waals surface area (Å²) in [6.45, 7) is 3.16. The van der Waals surface area contributed by atoms with Gasteiger partial charge < -0.3 is 10.1 Å². The highest BCUT2D eigenvalue weighted by Gasteiger charge is 2.09. The van der Waals surface area contributed by atoms with Crippen LogP contribution in [-0.4, -0.2) is 11.6 Å². The molecule has 0 radical (unpaired) electrons. The minimum atomic E-state index is 0.491. The first kappa shape index (κ1) is 15.1. The quantitative estimate of drug-likeness (QED) is 0.876. The van der Waals surface area contributed by atoms with Crippen LogP contribution in [0.15, 0.2) is 36.5 Å². The fraction of sp³-hybridized carbons (Fsp3) is 0.250. The van der Waals surface area contributed by atoms with E-state index in [0.29, 0.717) is 35.3 Å². The van der Waals surface area contributed by atoms with Gasteiger partial charge in [-0.15, -0.1) is 0 Å². The van der Waals surface area contributed by atoms with Gasteiger partial charge in [0.15, 0.2) is 0 Å². The van der Waals surface area contributed by atoms with Gasteiger partial charge in [0.1, 0.15) is 6.07 Å². The molecule has 1 aromatic carbocycles. The molecule has 0 atom stereocenters. The monoisotopic (exact) mass is 301 g/mol. The largest absolute Gasteiger partial charge is 0.477 e. The van der Waals surface area contributed by atoms with Crippen molar-refractivity contribution < 1.29 is 4.74 Å². The van der Waals surface area contributed by atoms with Crippen molar-refractivity contribution in [3.05, 3.63) is 52.7 Å². The van der Waals surface area contributed by atoms with Crippen LogP contribution >= 0.6 is 11.6 Å². The summed E-state index contributed by atoms with van der Waals surface area (Å²) in [6, 6.07) is 11.2. The van der Waals surface area contributed by atoms with Crippen molar-refractivity contribution in [3.63, 3.8) is 0 Å². The molecule has 1 N–H and O–H groups in total. The topological polar surface area (TPSA) is 57.9 Å². The molecular formula is C16H16ClN3O. The van der Waals surface area contributed by atoms with E-state index >= 15 is 0 Å². The zero-order valence-corrected chi connectivity index (χ0v) is 12.5. The molecule has 1 aromatic heterocycles. The minimum Gasteiger partial charge on any atom is -0.477 e. The van der Waals surface area contributed by atoms with Gasteiger partial charge in [0, 0.05) is 18.3 Å². The first-order valence-electron chi connectivity index (χ1n) is 6.75. The van der Waals surface area contributed by atoms with E-state index in [9.17, 15) is 0 Å². The number of hydrogen-bond donors (Lipinski definition) is 1. The van der Waals surface area contributed by atoms with Gasteiger partial charge >= 0.3 is 0 Å². The molecule has 0 saturated heterocycles. The van der Waals surface area contributed by atoms with Crippen molar-refractivity contribution in [2.75, 3.05) is 11.9 Å². The van der Waals surface area contributed by atoms with E-state index in [4.69, 9.17) is 21.6 Å². The van der Waals surface area contributed by atoms with E-state index in [0.717, 1.165) is 12.0 Å². The smallest absolute Gasteiger partial charge is 0.218 e. The van der Waals surface area contributed by atoms with Crippen molar-refractivity contribution in [2.24, 2.45) is 0 Å². The number of halogens is 1. The Balaban J connectivity index is 2.16. The molecular weight excluding hydrogens is 286 g/mol. The number of anilines is 1. The summed E-state index contributed by atoms with van der Waals surface area (Å²) in [5.41, 5.74) is 2.07. The maximum absolute atomic E-state index is 9.13. The number of ether oxygens (including phenoxy) is 1. The van der Waals surface area contributed by atoms with E-state index in [1.54, 1.807) is 24.4 Å². The highest BCUT2D eigenvalue weighted by molar-refractivity contribution is 6.33. The Hall–Kier alpha value is -2.25. The Labute approximate surface area is 129 Å². The van der Waals surface area contributed by atoms with Crippen LogP contribution in [-0.2, 0) is 6.54 Å². The number of nitriles is 1. The first-order valence-corrected chi connectivity index (χ1v) is 7.13. The first-order chi connectivity index (χ1) is 10.3. The molecule has 0 aliphatic rings. The lowest BCUT2D eigenvalue weighted by Crippen LogP contribution is -2.06. The summed E-state index contributed by atoms with van der Waals surface area (Å²) in [7, 11) is 0. The zero-order valence-electron chi connectivity index (χ0n) is 11.8. The standard InChI is InChI=1S/C16H16ClN3O/c1-2-9-21-16-13(6-4-8-19-16)11-20-15-12(10-18)5-3-7-14(15)17/h3-8,20H,2,9,11H2,1H3. The molecule has 21 heavy (non-hydrogen) atoms. The molecule has 2 rings (SSSR count). The maximum atomic E-state index is 9.13. The van der Waals surface area contributed by atoms with Crippen LogP contribution in [0.4, 0.5) is 5.69 Å². The SMILES string of the molecule is CCCOc1ncccc1CNc1c(Cl)cccc1C#N. The van der Waals surface area contributed by atoms with Crippen molar-refractivity contribution in [2.45, 2.75) is 19.9 Å². The molecule has 0 unspecified atom stereocenters. The lowest BCUT2D eigenvalue weighted by molar-refractivity contribution is 0.302. The van der Waals surface area contributed by atoms with Crippen LogP contribution in [0.3, 0.4) is 0 Å². The van der Waals surface area contributed by atoms with Crippen molar-refractivity contribution in [1.82, 2.24) is 4.98 Å². The summed E-state index contributed by atoms with van der Waals surface area (Å²) in [6.07, 6.45) is 2.62. The van der Waals surface area contributed by atoms with Crippen LogP contribution < -0.4 is 10.1 Å². The minimum absolute atomic E-state index is 0.491. The van der Waals surface area contributed by atoms with E-state index in [1.807, 2.05) is 19.1 Å². The number of hydrogen-bond acceptors (Lipinski definition) is 4. The molecule has 0 aliphatic heterocycles. The lowest BCUT2D eigenvalue weighted by Gasteiger charge is -2.13. The fourth-order valence-corrected chi connectivity index (χ4v) is 2.11. The highest BCUT2D eigenvalue weighted by Crippen LogP contribution is 2.26. The summed E-state index contributed by atoms with van der Waals surface area (Å²) in [5, 5.41) is 12.8. The molecule has 4 nitrogen and oxygen atoms in total. The number of rotatable bonds is 6. The Bertz CT molecular complexity index is 652. The van der Waals surface area contributed by atoms with Crippen LogP contribution in [0.5, 0.6) is 5.88 Å². The van der Waals surface area contributed by atoms with Crippen molar-refractivity contribution >= 4 is 17.3 Å². The van der Waals surface area contributed by atoms with Gasteiger partial charge in [-0.1, -0.05) is 30.7 Å². The number of nitrogens with zero attached hydrogens (tertiary/aromatic N) is 2. The van der Waals surface area contributed by atoms with Gasteiger partial charge in [-0.3, -0.25) is 0 Å². The summed E-state index contributed by atoms with van der Waals surface area (Å²) < 4.78 is 5.61. The fourth-order valence-electron chi connectivity index (χ4n) is 1.87. The lowest BCUT2D eigenvalue weighted by atomic mass is 10.2. The molecule has 5 heteroatoms. The van der Waals surface area contributed by atoms with Gasteiger partial charge in [-0.25, -0.2) is 4.98 Å². The third-order valence-corrected chi connectivity index (χ3v) is 3.20. The molecule has 0 spiro atoms. The normalized spacial score (nSPS) is 9.95. The van der Waals surface area contributed by atoms with Crippen LogP contribution in [0, 0.1) is 11.3 Å². The van der Waals surface area contributed by atoms with Crippen LogP contribution in [0.25, 0.3) is 0 Å². The summed E-state index contributed by atoms with van der Waals surface area (Å²) >= 11 is 6.14. The molecule has 0 bridgehead atoms. The van der Waals surface area contributed by atoms with Gasteiger partial charge in [0.25, 0.3) is 0 Å². The second kappa shape index (κ2) is 7.51. The van der Waals surface area contributed by atoms with E-state index in [2.05, 4.69) is 16.4 Å². The van der Waals surface area contributed by atoms with Crippen molar-refractivity contribution in [3.8, 4) is 11.9 Å². The van der Waals surface area contributed by atoms with E-state index < -0.39 is 0 Å². The second-order valence-electron chi connectivity index (χ2n) is 4.44. The Morgan fingerprint density at radius 3 is 2.95 bits per heavy atom. The number of aromatic nitrogens is 1. The van der Waals surface area contributed by atoms with Crippen molar-refractivity contribution in [1.29, 1.82) is 5.26 Å². The predicted octanol–water partition coefficient (Wildman–Crippen LogP) is 4.01. The van der Waals surface area contributed by atoms with Gasteiger partial charge in [0.05, 0.1) is 22.9 Å². The molecule has 0 saturated carbocycles. The predicted molar refractivity (Wildman–Crippen MR) is 83.5 cm³/mol. The summed E-state index contributed by atoms with van der Waals surface area (Å²) in [4.78, 5) is 4.23.